The molecule has 6 nitrogen and oxygen atoms in total. The van der Waals surface area contributed by atoms with Crippen molar-refractivity contribution >= 4 is 29.2 Å². The second-order valence-corrected chi connectivity index (χ2v) is 7.91. The summed E-state index contributed by atoms with van der Waals surface area (Å²) in [6, 6.07) is 11.3. The number of amides is 3. The topological polar surface area (TPSA) is 93.4 Å². The standard InChI is InChI=1S/C21H26ClN3O3/c1-21(2,3)13-9-10-18(28-4)17(11-13)24-19(26)12-16(25-20(23)27)14-7-5-6-8-15(14)22/h5-11,16H,12H2,1-4H3,(H,24,26)(H3,23,25,27)/t16-/m1/s1. The number of primary amides is 1. The van der Waals surface area contributed by atoms with E-state index in [1.807, 2.05) is 18.2 Å². The van der Waals surface area contributed by atoms with Crippen molar-refractivity contribution < 1.29 is 14.3 Å². The fraction of sp³-hybridized carbons (Fsp3) is 0.333. The van der Waals surface area contributed by atoms with Gasteiger partial charge in [0, 0.05) is 5.02 Å². The number of nitrogens with one attached hydrogen (secondary N) is 2. The SMILES string of the molecule is COc1ccc(C(C)(C)C)cc1NC(=O)C[C@@H](NC(N)=O)c1ccccc1Cl. The van der Waals surface area contributed by atoms with E-state index in [1.54, 1.807) is 31.4 Å². The van der Waals surface area contributed by atoms with Crippen molar-refractivity contribution in [3.63, 3.8) is 0 Å². The van der Waals surface area contributed by atoms with Crippen molar-refractivity contribution in [2.24, 2.45) is 5.73 Å². The van der Waals surface area contributed by atoms with Gasteiger partial charge < -0.3 is 21.1 Å². The van der Waals surface area contributed by atoms with Gasteiger partial charge in [-0.2, -0.15) is 0 Å². The minimum Gasteiger partial charge on any atom is -0.495 e. The van der Waals surface area contributed by atoms with Gasteiger partial charge in [-0.25, -0.2) is 4.79 Å². The van der Waals surface area contributed by atoms with Crippen LogP contribution in [-0.4, -0.2) is 19.0 Å². The van der Waals surface area contributed by atoms with Gasteiger partial charge in [-0.15, -0.1) is 0 Å². The van der Waals surface area contributed by atoms with Gasteiger partial charge in [0.15, 0.2) is 0 Å². The molecule has 0 aromatic heterocycles. The van der Waals surface area contributed by atoms with Gasteiger partial charge in [0.2, 0.25) is 5.91 Å². The van der Waals surface area contributed by atoms with Crippen LogP contribution in [0, 0.1) is 0 Å². The molecule has 3 amide bonds. The Hall–Kier alpha value is -2.73. The minimum absolute atomic E-state index is 0.0322. The van der Waals surface area contributed by atoms with Gasteiger partial charge >= 0.3 is 6.03 Å². The predicted molar refractivity (Wildman–Crippen MR) is 112 cm³/mol. The number of hydrogen-bond donors (Lipinski definition) is 3. The third-order valence-electron chi connectivity index (χ3n) is 4.33. The normalized spacial score (nSPS) is 12.2. The maximum Gasteiger partial charge on any atom is 0.312 e. The number of urea groups is 1. The Labute approximate surface area is 170 Å². The first-order valence-corrected chi connectivity index (χ1v) is 9.28. The van der Waals surface area contributed by atoms with Crippen molar-refractivity contribution in [1.29, 1.82) is 0 Å². The largest absolute Gasteiger partial charge is 0.495 e. The summed E-state index contributed by atoms with van der Waals surface area (Å²) in [6.07, 6.45) is -0.0322. The lowest BCUT2D eigenvalue weighted by Gasteiger charge is -2.22. The smallest absolute Gasteiger partial charge is 0.312 e. The van der Waals surface area contributed by atoms with E-state index >= 15 is 0 Å². The molecule has 7 heteroatoms. The quantitative estimate of drug-likeness (QED) is 0.667. The number of carbonyl (C=O) groups excluding carboxylic acids is 2. The third kappa shape index (κ3) is 5.63. The first-order valence-electron chi connectivity index (χ1n) is 8.90. The van der Waals surface area contributed by atoms with E-state index in [-0.39, 0.29) is 17.7 Å². The second-order valence-electron chi connectivity index (χ2n) is 7.50. The summed E-state index contributed by atoms with van der Waals surface area (Å²) >= 11 is 6.22. The molecule has 0 radical (unpaired) electrons. The molecule has 0 aliphatic rings. The van der Waals surface area contributed by atoms with Gasteiger partial charge in [0.1, 0.15) is 5.75 Å². The van der Waals surface area contributed by atoms with Crippen LogP contribution in [-0.2, 0) is 10.2 Å². The van der Waals surface area contributed by atoms with Crippen LogP contribution in [0.1, 0.15) is 44.4 Å². The van der Waals surface area contributed by atoms with E-state index in [1.165, 1.54) is 0 Å². The number of hydrogen-bond acceptors (Lipinski definition) is 3. The molecule has 0 saturated heterocycles. The summed E-state index contributed by atoms with van der Waals surface area (Å²) in [5, 5.41) is 5.89. The molecule has 0 unspecified atom stereocenters. The average Bonchev–Trinajstić information content (AvgIpc) is 2.60. The van der Waals surface area contributed by atoms with Crippen LogP contribution in [0.15, 0.2) is 42.5 Å². The fourth-order valence-electron chi connectivity index (χ4n) is 2.83. The van der Waals surface area contributed by atoms with E-state index < -0.39 is 12.1 Å². The van der Waals surface area contributed by atoms with E-state index in [0.717, 1.165) is 5.56 Å². The number of carbonyl (C=O) groups is 2. The molecule has 4 N–H and O–H groups in total. The highest BCUT2D eigenvalue weighted by Gasteiger charge is 2.21. The van der Waals surface area contributed by atoms with Crippen LogP contribution in [0.2, 0.25) is 5.02 Å². The monoisotopic (exact) mass is 403 g/mol. The maximum absolute atomic E-state index is 12.7. The van der Waals surface area contributed by atoms with Crippen LogP contribution in [0.25, 0.3) is 0 Å². The van der Waals surface area contributed by atoms with E-state index in [4.69, 9.17) is 22.1 Å². The Balaban J connectivity index is 2.25. The van der Waals surface area contributed by atoms with Gasteiger partial charge in [0.25, 0.3) is 0 Å². The Morgan fingerprint density at radius 2 is 1.86 bits per heavy atom. The number of benzene rings is 2. The molecule has 0 fully saturated rings. The Bertz CT molecular complexity index is 862. The molecule has 0 aliphatic heterocycles. The predicted octanol–water partition coefficient (Wildman–Crippen LogP) is 4.38. The van der Waals surface area contributed by atoms with Crippen LogP contribution < -0.4 is 21.1 Å². The van der Waals surface area contributed by atoms with E-state index in [0.29, 0.717) is 22.0 Å². The number of ether oxygens (including phenoxy) is 1. The highest BCUT2D eigenvalue weighted by molar-refractivity contribution is 6.31. The molecule has 0 heterocycles. The van der Waals surface area contributed by atoms with E-state index in [9.17, 15) is 9.59 Å². The van der Waals surface area contributed by atoms with Crippen molar-refractivity contribution in [2.75, 3.05) is 12.4 Å². The highest BCUT2D eigenvalue weighted by atomic mass is 35.5. The summed E-state index contributed by atoms with van der Waals surface area (Å²) in [5.41, 5.74) is 7.44. The van der Waals surface area contributed by atoms with E-state index in [2.05, 4.69) is 31.4 Å². The summed E-state index contributed by atoms with van der Waals surface area (Å²) in [4.78, 5) is 24.1. The second kappa shape index (κ2) is 8.97. The van der Waals surface area contributed by atoms with Gasteiger partial charge in [-0.05, 0) is 34.7 Å². The van der Waals surface area contributed by atoms with Crippen LogP contribution >= 0.6 is 11.6 Å². The molecule has 0 bridgehead atoms. The van der Waals surface area contributed by atoms with Crippen LogP contribution in [0.5, 0.6) is 5.75 Å². The molecule has 0 saturated carbocycles. The zero-order valence-electron chi connectivity index (χ0n) is 16.5. The zero-order valence-corrected chi connectivity index (χ0v) is 17.3. The van der Waals surface area contributed by atoms with Gasteiger partial charge in [-0.3, -0.25) is 4.79 Å². The van der Waals surface area contributed by atoms with Gasteiger partial charge in [0.05, 0.1) is 25.3 Å². The van der Waals surface area contributed by atoms with Crippen LogP contribution in [0.3, 0.4) is 0 Å². The number of nitrogens with two attached hydrogens (primary N) is 1. The minimum atomic E-state index is -0.731. The fourth-order valence-corrected chi connectivity index (χ4v) is 3.09. The number of rotatable bonds is 6. The number of anilines is 1. The van der Waals surface area contributed by atoms with Crippen LogP contribution in [0.4, 0.5) is 10.5 Å². The summed E-state index contributed by atoms with van der Waals surface area (Å²) in [6.45, 7) is 6.26. The molecule has 2 aromatic rings. The lowest BCUT2D eigenvalue weighted by Crippen LogP contribution is -2.35. The first-order chi connectivity index (χ1) is 13.1. The Morgan fingerprint density at radius 3 is 2.43 bits per heavy atom. The molecular formula is C21H26ClN3O3. The lowest BCUT2D eigenvalue weighted by atomic mass is 9.87. The molecule has 0 spiro atoms. The maximum atomic E-state index is 12.7. The Kier molecular flexibility index (Phi) is 6.91. The van der Waals surface area contributed by atoms with Crippen molar-refractivity contribution in [3.05, 3.63) is 58.6 Å². The lowest BCUT2D eigenvalue weighted by molar-refractivity contribution is -0.116. The molecule has 150 valence electrons. The van der Waals surface area contributed by atoms with Crippen molar-refractivity contribution in [2.45, 2.75) is 38.6 Å². The number of halogens is 1. The summed E-state index contributed by atoms with van der Waals surface area (Å²) in [5.74, 6) is 0.251. The molecule has 2 aromatic carbocycles. The molecule has 1 atom stereocenters. The molecule has 2 rings (SSSR count). The highest BCUT2D eigenvalue weighted by Crippen LogP contribution is 2.32. The number of methoxy groups -OCH3 is 1. The summed E-state index contributed by atoms with van der Waals surface area (Å²) in [7, 11) is 1.54. The third-order valence-corrected chi connectivity index (χ3v) is 4.67. The zero-order chi connectivity index (χ0) is 20.9. The molecular weight excluding hydrogens is 378 g/mol. The Morgan fingerprint density at radius 1 is 1.18 bits per heavy atom. The first kappa shape index (κ1) is 21.6. The van der Waals surface area contributed by atoms with Crippen molar-refractivity contribution in [1.82, 2.24) is 5.32 Å². The molecule has 0 aliphatic carbocycles. The summed E-state index contributed by atoms with van der Waals surface area (Å²) < 4.78 is 5.36. The average molecular weight is 404 g/mol. The molecule has 28 heavy (non-hydrogen) atoms. The van der Waals surface area contributed by atoms with Gasteiger partial charge in [-0.1, -0.05) is 56.6 Å². The van der Waals surface area contributed by atoms with Crippen molar-refractivity contribution in [3.8, 4) is 5.75 Å².